The van der Waals surface area contributed by atoms with Gasteiger partial charge in [-0.2, -0.15) is 13.2 Å². The second-order valence-corrected chi connectivity index (χ2v) is 6.13. The molecule has 0 amide bonds. The normalized spacial score (nSPS) is 11.8. The number of halogens is 5. The van der Waals surface area contributed by atoms with Crippen molar-refractivity contribution in [1.29, 1.82) is 0 Å². The molecular weight excluding hydrogens is 371 g/mol. The van der Waals surface area contributed by atoms with Gasteiger partial charge in [0.25, 0.3) is 0 Å². The largest absolute Gasteiger partial charge is 0.409 e. The topological polar surface area (TPSA) is 0 Å². The molecule has 0 atom stereocenters. The molecule has 0 aliphatic rings. The number of hydrogen-bond donors (Lipinski definition) is 0. The summed E-state index contributed by atoms with van der Waals surface area (Å²) < 4.78 is 65.4. The summed E-state index contributed by atoms with van der Waals surface area (Å²) in [5.74, 6) is -1.41. The Bertz CT molecular complexity index is 1030. The van der Waals surface area contributed by atoms with Crippen molar-refractivity contribution in [2.45, 2.75) is 6.18 Å². The third-order valence-corrected chi connectivity index (χ3v) is 4.21. The summed E-state index contributed by atoms with van der Waals surface area (Å²) in [5, 5.41) is 0. The molecule has 0 N–H and O–H groups in total. The van der Waals surface area contributed by atoms with E-state index in [-0.39, 0.29) is 22.8 Å². The van der Waals surface area contributed by atoms with Crippen LogP contribution in [0.3, 0.4) is 0 Å². The third kappa shape index (κ3) is 4.55. The van der Waals surface area contributed by atoms with Crippen molar-refractivity contribution in [2.75, 3.05) is 0 Å². The Morgan fingerprint density at radius 1 is 0.714 bits per heavy atom. The summed E-state index contributed by atoms with van der Waals surface area (Å²) in [6.07, 6.45) is -2.23. The van der Waals surface area contributed by atoms with Crippen LogP contribution in [0.15, 0.2) is 73.3 Å². The monoisotopic (exact) mass is 386 g/mol. The van der Waals surface area contributed by atoms with Crippen molar-refractivity contribution in [3.05, 3.63) is 96.1 Å². The first-order valence-corrected chi connectivity index (χ1v) is 8.35. The molecule has 0 bridgehead atoms. The molecule has 142 valence electrons. The van der Waals surface area contributed by atoms with Crippen molar-refractivity contribution in [1.82, 2.24) is 0 Å². The molecule has 0 aliphatic carbocycles. The maximum absolute atomic E-state index is 14.6. The van der Waals surface area contributed by atoms with E-state index in [4.69, 9.17) is 0 Å². The van der Waals surface area contributed by atoms with Crippen molar-refractivity contribution >= 4 is 12.2 Å². The molecule has 5 heteroatoms. The van der Waals surface area contributed by atoms with Crippen LogP contribution in [-0.2, 0) is 0 Å². The summed E-state index contributed by atoms with van der Waals surface area (Å²) in [4.78, 5) is 0. The van der Waals surface area contributed by atoms with Gasteiger partial charge < -0.3 is 0 Å². The third-order valence-electron chi connectivity index (χ3n) is 4.21. The standard InChI is InChI=1S/C23H15F5/c1-2-15-3-5-16(6-4-15)18-9-10-20(22(25)13-18)19-8-7-17(21(24)14-19)11-12-23(26,27)28/h2-14H,1H2/b12-11+. The SMILES string of the molecule is C=Cc1ccc(-c2ccc(-c3ccc(/C=C/C(F)(F)F)c(F)c3)c(F)c2)cc1. The van der Waals surface area contributed by atoms with Gasteiger partial charge in [-0.1, -0.05) is 61.2 Å². The van der Waals surface area contributed by atoms with E-state index in [9.17, 15) is 22.0 Å². The van der Waals surface area contributed by atoms with Crippen LogP contribution in [0, 0.1) is 11.6 Å². The zero-order valence-electron chi connectivity index (χ0n) is 14.6. The molecule has 0 unspecified atom stereocenters. The molecule has 0 fully saturated rings. The van der Waals surface area contributed by atoms with Gasteiger partial charge in [-0.25, -0.2) is 8.78 Å². The highest BCUT2D eigenvalue weighted by Gasteiger charge is 2.22. The molecule has 0 aromatic heterocycles. The van der Waals surface area contributed by atoms with E-state index in [1.54, 1.807) is 12.1 Å². The summed E-state index contributed by atoms with van der Waals surface area (Å²) in [6.45, 7) is 3.68. The van der Waals surface area contributed by atoms with Crippen LogP contribution in [0.25, 0.3) is 34.4 Å². The number of hydrogen-bond acceptors (Lipinski definition) is 0. The highest BCUT2D eigenvalue weighted by Crippen LogP contribution is 2.30. The minimum atomic E-state index is -4.53. The second kappa shape index (κ2) is 7.80. The maximum Gasteiger partial charge on any atom is 0.409 e. The summed E-state index contributed by atoms with van der Waals surface area (Å²) in [5.41, 5.74) is 2.60. The predicted octanol–water partition coefficient (Wildman–Crippen LogP) is 7.52. The second-order valence-electron chi connectivity index (χ2n) is 6.13. The smallest absolute Gasteiger partial charge is 0.206 e. The van der Waals surface area contributed by atoms with Gasteiger partial charge in [0, 0.05) is 17.2 Å². The zero-order valence-corrected chi connectivity index (χ0v) is 14.6. The Hall–Kier alpha value is -3.21. The van der Waals surface area contributed by atoms with Crippen molar-refractivity contribution in [3.8, 4) is 22.3 Å². The minimum Gasteiger partial charge on any atom is -0.206 e. The Labute approximate surface area is 159 Å². The van der Waals surface area contributed by atoms with Crippen LogP contribution in [0.5, 0.6) is 0 Å². The number of allylic oxidation sites excluding steroid dienone is 1. The molecule has 28 heavy (non-hydrogen) atoms. The lowest BCUT2D eigenvalue weighted by Crippen LogP contribution is -2.00. The highest BCUT2D eigenvalue weighted by molar-refractivity contribution is 5.72. The average Bonchev–Trinajstić information content (AvgIpc) is 2.66. The molecule has 0 heterocycles. The zero-order chi connectivity index (χ0) is 20.3. The number of benzene rings is 3. The first-order valence-electron chi connectivity index (χ1n) is 8.35. The molecular formula is C23H15F5. The highest BCUT2D eigenvalue weighted by atomic mass is 19.4. The lowest BCUT2D eigenvalue weighted by molar-refractivity contribution is -0.0790. The fourth-order valence-electron chi connectivity index (χ4n) is 2.75. The Balaban J connectivity index is 1.90. The van der Waals surface area contributed by atoms with E-state index in [1.807, 2.05) is 24.3 Å². The van der Waals surface area contributed by atoms with Crippen LogP contribution >= 0.6 is 0 Å². The molecule has 3 aromatic carbocycles. The van der Waals surface area contributed by atoms with Crippen LogP contribution in [0.2, 0.25) is 0 Å². The van der Waals surface area contributed by atoms with Crippen LogP contribution in [0.1, 0.15) is 11.1 Å². The van der Waals surface area contributed by atoms with Crippen LogP contribution < -0.4 is 0 Å². The van der Waals surface area contributed by atoms with Crippen molar-refractivity contribution in [3.63, 3.8) is 0 Å². The fraction of sp³-hybridized carbons (Fsp3) is 0.0435. The van der Waals surface area contributed by atoms with Crippen molar-refractivity contribution in [2.24, 2.45) is 0 Å². The molecule has 0 saturated carbocycles. The predicted molar refractivity (Wildman–Crippen MR) is 102 cm³/mol. The quantitative estimate of drug-likeness (QED) is 0.407. The van der Waals surface area contributed by atoms with E-state index in [0.29, 0.717) is 11.6 Å². The van der Waals surface area contributed by atoms with Crippen molar-refractivity contribution < 1.29 is 22.0 Å². The van der Waals surface area contributed by atoms with E-state index in [2.05, 4.69) is 6.58 Å². The fourth-order valence-corrected chi connectivity index (χ4v) is 2.75. The molecule has 0 saturated heterocycles. The Morgan fingerprint density at radius 3 is 1.89 bits per heavy atom. The maximum atomic E-state index is 14.6. The Kier molecular flexibility index (Phi) is 5.45. The summed E-state index contributed by atoms with van der Waals surface area (Å²) in [7, 11) is 0. The summed E-state index contributed by atoms with van der Waals surface area (Å²) in [6, 6.07) is 15.6. The van der Waals surface area contributed by atoms with Gasteiger partial charge in [0.05, 0.1) is 0 Å². The first kappa shape index (κ1) is 19.5. The van der Waals surface area contributed by atoms with Crippen LogP contribution in [0.4, 0.5) is 22.0 Å². The van der Waals surface area contributed by atoms with E-state index in [0.717, 1.165) is 17.2 Å². The van der Waals surface area contributed by atoms with Gasteiger partial charge in [-0.15, -0.1) is 0 Å². The first-order chi connectivity index (χ1) is 13.3. The average molecular weight is 386 g/mol. The van der Waals surface area contributed by atoms with Gasteiger partial charge in [0.1, 0.15) is 11.6 Å². The molecule has 0 aliphatic heterocycles. The van der Waals surface area contributed by atoms with E-state index >= 15 is 0 Å². The molecule has 3 aromatic rings. The molecule has 0 nitrogen and oxygen atoms in total. The van der Waals surface area contributed by atoms with Gasteiger partial charge in [-0.3, -0.25) is 0 Å². The van der Waals surface area contributed by atoms with Crippen LogP contribution in [-0.4, -0.2) is 6.18 Å². The number of alkyl halides is 3. The molecule has 0 spiro atoms. The van der Waals surface area contributed by atoms with Gasteiger partial charge in [0.15, 0.2) is 0 Å². The van der Waals surface area contributed by atoms with Gasteiger partial charge >= 0.3 is 6.18 Å². The number of rotatable bonds is 4. The van der Waals surface area contributed by atoms with E-state index in [1.165, 1.54) is 24.3 Å². The molecule has 3 rings (SSSR count). The van der Waals surface area contributed by atoms with Gasteiger partial charge in [0.2, 0.25) is 0 Å². The lowest BCUT2D eigenvalue weighted by atomic mass is 9.98. The summed E-state index contributed by atoms with van der Waals surface area (Å²) >= 11 is 0. The van der Waals surface area contributed by atoms with Gasteiger partial charge in [-0.05, 0) is 40.5 Å². The molecule has 0 radical (unpaired) electrons. The van der Waals surface area contributed by atoms with E-state index < -0.39 is 17.8 Å². The lowest BCUT2D eigenvalue weighted by Gasteiger charge is -2.09. The minimum absolute atomic E-state index is 0.0436. The Morgan fingerprint density at radius 2 is 1.32 bits per heavy atom.